The number of carbonyl (C=O) groups is 2. The van der Waals surface area contributed by atoms with E-state index in [0.717, 1.165) is 17.8 Å². The van der Waals surface area contributed by atoms with Gasteiger partial charge in [-0.2, -0.15) is 0 Å². The van der Waals surface area contributed by atoms with Crippen LogP contribution in [0.2, 0.25) is 0 Å². The van der Waals surface area contributed by atoms with Crippen LogP contribution in [-0.2, 0) is 0 Å². The van der Waals surface area contributed by atoms with Gasteiger partial charge in [0.2, 0.25) is 0 Å². The van der Waals surface area contributed by atoms with E-state index in [4.69, 9.17) is 0 Å². The molecule has 0 aromatic carbocycles. The van der Waals surface area contributed by atoms with Gasteiger partial charge in [0.05, 0.1) is 12.2 Å². The van der Waals surface area contributed by atoms with Crippen molar-refractivity contribution in [3.63, 3.8) is 0 Å². The van der Waals surface area contributed by atoms with E-state index in [1.165, 1.54) is 16.2 Å². The summed E-state index contributed by atoms with van der Waals surface area (Å²) >= 11 is 1.37. The first-order valence-corrected chi connectivity index (χ1v) is 8.28. The molecule has 0 saturated carbocycles. The van der Waals surface area contributed by atoms with Crippen LogP contribution >= 0.6 is 11.3 Å². The van der Waals surface area contributed by atoms with Crippen LogP contribution in [0.3, 0.4) is 0 Å². The molecule has 1 aliphatic rings. The fourth-order valence-electron chi connectivity index (χ4n) is 2.69. The second kappa shape index (κ2) is 6.45. The van der Waals surface area contributed by atoms with E-state index in [2.05, 4.69) is 9.97 Å². The first-order chi connectivity index (χ1) is 11.1. The van der Waals surface area contributed by atoms with Gasteiger partial charge in [0.25, 0.3) is 11.8 Å². The molecule has 1 atom stereocenters. The molecule has 23 heavy (non-hydrogen) atoms. The van der Waals surface area contributed by atoms with Crippen molar-refractivity contribution >= 4 is 23.2 Å². The van der Waals surface area contributed by atoms with Gasteiger partial charge in [-0.15, -0.1) is 11.3 Å². The van der Waals surface area contributed by atoms with Crippen molar-refractivity contribution in [2.24, 2.45) is 0 Å². The predicted molar refractivity (Wildman–Crippen MR) is 87.4 cm³/mol. The molecule has 0 bridgehead atoms. The number of rotatable bonds is 3. The number of amides is 2. The summed E-state index contributed by atoms with van der Waals surface area (Å²) in [6.07, 6.45) is 6.67. The molecule has 1 aliphatic heterocycles. The van der Waals surface area contributed by atoms with Gasteiger partial charge in [-0.05, 0) is 25.0 Å². The molecule has 0 unspecified atom stereocenters. The maximum Gasteiger partial charge on any atom is 0.265 e. The van der Waals surface area contributed by atoms with Crippen molar-refractivity contribution < 1.29 is 9.59 Å². The molecule has 0 N–H and O–H groups in total. The average Bonchev–Trinajstić information content (AvgIpc) is 3.23. The van der Waals surface area contributed by atoms with Crippen LogP contribution in [0.15, 0.2) is 30.7 Å². The summed E-state index contributed by atoms with van der Waals surface area (Å²) in [5.41, 5.74) is 0.632. The fourth-order valence-corrected chi connectivity index (χ4v) is 3.77. The van der Waals surface area contributed by atoms with Gasteiger partial charge in [-0.25, -0.2) is 4.98 Å². The number of hydrogen-bond donors (Lipinski definition) is 0. The summed E-state index contributed by atoms with van der Waals surface area (Å²) in [7, 11) is 3.44. The highest BCUT2D eigenvalue weighted by molar-refractivity contribution is 7.13. The van der Waals surface area contributed by atoms with Crippen molar-refractivity contribution in [3.05, 3.63) is 46.2 Å². The van der Waals surface area contributed by atoms with Crippen LogP contribution in [0.25, 0.3) is 0 Å². The molecule has 3 heterocycles. The lowest BCUT2D eigenvalue weighted by Crippen LogP contribution is -2.30. The Labute approximate surface area is 138 Å². The summed E-state index contributed by atoms with van der Waals surface area (Å²) in [6.45, 7) is 0.711. The topological polar surface area (TPSA) is 66.4 Å². The molecule has 1 saturated heterocycles. The quantitative estimate of drug-likeness (QED) is 0.865. The molecule has 3 rings (SSSR count). The minimum absolute atomic E-state index is 0.00872. The average molecular weight is 330 g/mol. The van der Waals surface area contributed by atoms with Gasteiger partial charge in [0.15, 0.2) is 0 Å². The molecule has 0 radical (unpaired) electrons. The second-order valence-electron chi connectivity index (χ2n) is 5.65. The molecule has 0 spiro atoms. The third kappa shape index (κ3) is 3.10. The first-order valence-electron chi connectivity index (χ1n) is 7.46. The Hall–Kier alpha value is -2.28. The number of nitrogens with zero attached hydrogens (tertiary/aromatic N) is 4. The zero-order valence-corrected chi connectivity index (χ0v) is 13.9. The van der Waals surface area contributed by atoms with E-state index in [9.17, 15) is 9.59 Å². The van der Waals surface area contributed by atoms with Crippen molar-refractivity contribution in [1.82, 2.24) is 19.8 Å². The molecule has 1 fully saturated rings. The Morgan fingerprint density at radius 1 is 1.30 bits per heavy atom. The summed E-state index contributed by atoms with van der Waals surface area (Å²) in [4.78, 5) is 37.0. The van der Waals surface area contributed by atoms with Gasteiger partial charge >= 0.3 is 0 Å². The fraction of sp³-hybridized carbons (Fsp3) is 0.375. The lowest BCUT2D eigenvalue weighted by Gasteiger charge is -2.23. The van der Waals surface area contributed by atoms with E-state index < -0.39 is 0 Å². The molecule has 2 aromatic heterocycles. The highest BCUT2D eigenvalue weighted by Gasteiger charge is 2.33. The van der Waals surface area contributed by atoms with E-state index in [-0.39, 0.29) is 17.9 Å². The highest BCUT2D eigenvalue weighted by Crippen LogP contribution is 2.35. The third-order valence-electron chi connectivity index (χ3n) is 3.87. The molecule has 7 heteroatoms. The maximum atomic E-state index is 12.7. The van der Waals surface area contributed by atoms with E-state index in [1.807, 2.05) is 4.90 Å². The van der Waals surface area contributed by atoms with E-state index in [1.54, 1.807) is 44.8 Å². The Bertz CT molecular complexity index is 714. The predicted octanol–water partition coefficient (Wildman–Crippen LogP) is 2.22. The standard InChI is InChI=1S/C16H18N4O2S/c1-19(2)16(22)13-10-18-14(23-13)12-4-3-9-20(12)15(21)11-5-7-17-8-6-11/h5-8,10,12H,3-4,9H2,1-2H3/t12-/m1/s1. The monoisotopic (exact) mass is 330 g/mol. The van der Waals surface area contributed by atoms with Crippen LogP contribution < -0.4 is 0 Å². The molecule has 120 valence electrons. The summed E-state index contributed by atoms with van der Waals surface area (Å²) in [5.74, 6) is -0.0654. The number of pyridine rings is 1. The minimum atomic E-state index is -0.0567. The van der Waals surface area contributed by atoms with Gasteiger partial charge in [-0.3, -0.25) is 14.6 Å². The molecule has 2 amide bonds. The van der Waals surface area contributed by atoms with E-state index >= 15 is 0 Å². The molecule has 6 nitrogen and oxygen atoms in total. The van der Waals surface area contributed by atoms with Gasteiger partial charge in [-0.1, -0.05) is 0 Å². The molecule has 0 aliphatic carbocycles. The Kier molecular flexibility index (Phi) is 4.38. The van der Waals surface area contributed by atoms with E-state index in [0.29, 0.717) is 17.0 Å². The normalized spacial score (nSPS) is 17.3. The number of aromatic nitrogens is 2. The lowest BCUT2D eigenvalue weighted by molar-refractivity contribution is 0.0735. The Morgan fingerprint density at radius 2 is 2.04 bits per heavy atom. The van der Waals surface area contributed by atoms with Crippen molar-refractivity contribution in [2.75, 3.05) is 20.6 Å². The molecule has 2 aromatic rings. The summed E-state index contributed by atoms with van der Waals surface area (Å²) in [5, 5.41) is 0.829. The van der Waals surface area contributed by atoms with Gasteiger partial charge in [0.1, 0.15) is 9.88 Å². The number of carbonyl (C=O) groups excluding carboxylic acids is 2. The SMILES string of the molecule is CN(C)C(=O)c1cnc([C@H]2CCCN2C(=O)c2ccncc2)s1. The van der Waals surface area contributed by atoms with Crippen LogP contribution in [-0.4, -0.2) is 52.2 Å². The van der Waals surface area contributed by atoms with Crippen LogP contribution in [0.5, 0.6) is 0 Å². The number of likely N-dealkylation sites (tertiary alicyclic amines) is 1. The van der Waals surface area contributed by atoms with Crippen LogP contribution in [0, 0.1) is 0 Å². The largest absolute Gasteiger partial charge is 0.344 e. The maximum absolute atomic E-state index is 12.7. The molecular formula is C16H18N4O2S. The van der Waals surface area contributed by atoms with Crippen molar-refractivity contribution in [3.8, 4) is 0 Å². The van der Waals surface area contributed by atoms with Crippen molar-refractivity contribution in [1.29, 1.82) is 0 Å². The van der Waals surface area contributed by atoms with Crippen molar-refractivity contribution in [2.45, 2.75) is 18.9 Å². The van der Waals surface area contributed by atoms with Gasteiger partial charge in [0, 0.05) is 38.6 Å². The number of thiazole rings is 1. The zero-order valence-electron chi connectivity index (χ0n) is 13.1. The lowest BCUT2D eigenvalue weighted by atomic mass is 10.2. The summed E-state index contributed by atoms with van der Waals surface area (Å²) in [6, 6.07) is 3.39. The third-order valence-corrected chi connectivity index (χ3v) is 4.95. The first kappa shape index (κ1) is 15.6. The Morgan fingerprint density at radius 3 is 2.74 bits per heavy atom. The highest BCUT2D eigenvalue weighted by atomic mass is 32.1. The Balaban J connectivity index is 1.82. The van der Waals surface area contributed by atoms with Crippen LogP contribution in [0.1, 0.15) is 43.9 Å². The minimum Gasteiger partial charge on any atom is -0.344 e. The second-order valence-corrected chi connectivity index (χ2v) is 6.72. The zero-order chi connectivity index (χ0) is 16.4. The summed E-state index contributed by atoms with van der Waals surface area (Å²) < 4.78 is 0. The smallest absolute Gasteiger partial charge is 0.265 e. The number of hydrogen-bond acceptors (Lipinski definition) is 5. The van der Waals surface area contributed by atoms with Gasteiger partial charge < -0.3 is 9.80 Å². The molecular weight excluding hydrogens is 312 g/mol. The van der Waals surface area contributed by atoms with Crippen LogP contribution in [0.4, 0.5) is 0 Å².